The molecule has 20 heavy (non-hydrogen) atoms. The van der Waals surface area contributed by atoms with Gasteiger partial charge in [0.15, 0.2) is 0 Å². The number of nitrogens with zero attached hydrogens (tertiary/aromatic N) is 2. The van der Waals surface area contributed by atoms with Crippen LogP contribution in [0.15, 0.2) is 29.2 Å². The van der Waals surface area contributed by atoms with Gasteiger partial charge < -0.3 is 0 Å². The molecule has 1 heterocycles. The van der Waals surface area contributed by atoms with E-state index < -0.39 is 5.76 Å². The van der Waals surface area contributed by atoms with Crippen LogP contribution in [0.25, 0.3) is 11.3 Å². The summed E-state index contributed by atoms with van der Waals surface area (Å²) >= 11 is 6.62. The Labute approximate surface area is 125 Å². The summed E-state index contributed by atoms with van der Waals surface area (Å²) in [5.41, 5.74) is 2.38. The van der Waals surface area contributed by atoms with E-state index in [0.717, 1.165) is 16.8 Å². The second-order valence-electron chi connectivity index (χ2n) is 4.16. The Kier molecular flexibility index (Phi) is 4.94. The van der Waals surface area contributed by atoms with Gasteiger partial charge in [-0.3, -0.25) is 0 Å². The number of hydrogen-bond acceptors (Lipinski definition) is 3. The summed E-state index contributed by atoms with van der Waals surface area (Å²) in [7, 11) is 0. The fourth-order valence-corrected chi connectivity index (χ4v) is 2.45. The van der Waals surface area contributed by atoms with Crippen LogP contribution in [-0.2, 0) is 6.42 Å². The Hall–Kier alpha value is -1.20. The van der Waals surface area contributed by atoms with Gasteiger partial charge in [-0.1, -0.05) is 42.4 Å². The monoisotopic (exact) mass is 314 g/mol. The molecule has 0 fully saturated rings. The van der Waals surface area contributed by atoms with Crippen molar-refractivity contribution in [2.45, 2.75) is 30.9 Å². The van der Waals surface area contributed by atoms with Crippen molar-refractivity contribution in [3.8, 4) is 11.3 Å². The molecule has 0 aliphatic carbocycles. The molecule has 2 aromatic rings. The van der Waals surface area contributed by atoms with Gasteiger partial charge >= 0.3 is 0 Å². The third-order valence-electron chi connectivity index (χ3n) is 2.80. The highest BCUT2D eigenvalue weighted by molar-refractivity contribution is 7.99. The molecular weight excluding hydrogens is 302 g/mol. The molecule has 0 N–H and O–H groups in total. The minimum absolute atomic E-state index is 0.429. The molecule has 0 aliphatic heterocycles. The molecule has 1 aromatic heterocycles. The van der Waals surface area contributed by atoms with Crippen molar-refractivity contribution in [2.24, 2.45) is 0 Å². The van der Waals surface area contributed by atoms with Gasteiger partial charge in [0.05, 0.1) is 5.69 Å². The predicted octanol–water partition coefficient (Wildman–Crippen LogP) is 4.98. The van der Waals surface area contributed by atoms with Crippen LogP contribution in [0.3, 0.4) is 0 Å². The first kappa shape index (κ1) is 15.2. The number of halogens is 3. The lowest BCUT2D eigenvalue weighted by atomic mass is 10.1. The molecule has 0 radical (unpaired) electrons. The molecule has 0 aliphatic rings. The molecule has 0 saturated carbocycles. The largest absolute Gasteiger partial charge is 0.288 e. The van der Waals surface area contributed by atoms with E-state index in [1.807, 2.05) is 13.8 Å². The maximum Gasteiger partial charge on any atom is 0.288 e. The molecule has 0 spiro atoms. The Balaban J connectivity index is 2.38. The van der Waals surface area contributed by atoms with Crippen molar-refractivity contribution in [1.29, 1.82) is 0 Å². The highest BCUT2D eigenvalue weighted by Crippen LogP contribution is 2.30. The van der Waals surface area contributed by atoms with Gasteiger partial charge in [-0.05, 0) is 19.1 Å². The van der Waals surface area contributed by atoms with Crippen LogP contribution >= 0.6 is 23.4 Å². The highest BCUT2D eigenvalue weighted by atomic mass is 35.5. The van der Waals surface area contributed by atoms with Crippen molar-refractivity contribution in [3.63, 3.8) is 0 Å². The standard InChI is InChI=1S/C14H13ClF2N2S/c1-3-11-18-12(8(2)13(15)19-11)9-4-6-10(7-5-9)20-14(16)17/h4-7,14H,3H2,1-2H3. The van der Waals surface area contributed by atoms with E-state index in [2.05, 4.69) is 9.97 Å². The average Bonchev–Trinajstić information content (AvgIpc) is 2.42. The maximum absolute atomic E-state index is 12.3. The van der Waals surface area contributed by atoms with E-state index >= 15 is 0 Å². The number of rotatable bonds is 4. The van der Waals surface area contributed by atoms with Crippen LogP contribution in [0, 0.1) is 6.92 Å². The lowest BCUT2D eigenvalue weighted by Crippen LogP contribution is -1.99. The Morgan fingerprint density at radius 2 is 1.85 bits per heavy atom. The van der Waals surface area contributed by atoms with Gasteiger partial charge in [0.1, 0.15) is 11.0 Å². The first-order valence-electron chi connectivity index (χ1n) is 6.09. The molecule has 106 valence electrons. The molecule has 2 rings (SSSR count). The predicted molar refractivity (Wildman–Crippen MR) is 78.5 cm³/mol. The van der Waals surface area contributed by atoms with Crippen molar-refractivity contribution in [1.82, 2.24) is 9.97 Å². The van der Waals surface area contributed by atoms with Gasteiger partial charge in [0, 0.05) is 22.4 Å². The highest BCUT2D eigenvalue weighted by Gasteiger charge is 2.11. The summed E-state index contributed by atoms with van der Waals surface area (Å²) in [6.07, 6.45) is 0.687. The van der Waals surface area contributed by atoms with Gasteiger partial charge in [0.2, 0.25) is 0 Å². The molecular formula is C14H13ClF2N2S. The summed E-state index contributed by atoms with van der Waals surface area (Å²) in [5.74, 6) is -1.75. The molecule has 0 bridgehead atoms. The smallest absolute Gasteiger partial charge is 0.233 e. The SMILES string of the molecule is CCc1nc(Cl)c(C)c(-c2ccc(SC(F)F)cc2)n1. The van der Waals surface area contributed by atoms with E-state index in [1.54, 1.807) is 24.3 Å². The van der Waals surface area contributed by atoms with E-state index in [0.29, 0.717) is 34.1 Å². The maximum atomic E-state index is 12.3. The molecule has 0 saturated heterocycles. The third-order valence-corrected chi connectivity index (χ3v) is 3.89. The van der Waals surface area contributed by atoms with E-state index in [-0.39, 0.29) is 0 Å². The summed E-state index contributed by atoms with van der Waals surface area (Å²) in [5, 5.41) is 0.429. The fourth-order valence-electron chi connectivity index (χ4n) is 1.77. The van der Waals surface area contributed by atoms with E-state index in [4.69, 9.17) is 11.6 Å². The number of thioether (sulfide) groups is 1. The first-order chi connectivity index (χ1) is 9.51. The number of hydrogen-bond donors (Lipinski definition) is 0. The van der Waals surface area contributed by atoms with Gasteiger partial charge in [0.25, 0.3) is 5.76 Å². The normalized spacial score (nSPS) is 11.1. The zero-order chi connectivity index (χ0) is 14.7. The number of benzene rings is 1. The first-order valence-corrected chi connectivity index (χ1v) is 7.35. The molecule has 0 atom stereocenters. The van der Waals surface area contributed by atoms with Gasteiger partial charge in [-0.25, -0.2) is 9.97 Å². The molecule has 0 unspecified atom stereocenters. The van der Waals surface area contributed by atoms with Crippen molar-refractivity contribution >= 4 is 23.4 Å². The number of aryl methyl sites for hydroxylation is 1. The summed E-state index contributed by atoms with van der Waals surface area (Å²) in [6.45, 7) is 3.80. The average molecular weight is 315 g/mol. The van der Waals surface area contributed by atoms with Crippen LogP contribution < -0.4 is 0 Å². The molecule has 2 nitrogen and oxygen atoms in total. The van der Waals surface area contributed by atoms with E-state index in [9.17, 15) is 8.78 Å². The Morgan fingerprint density at radius 3 is 2.40 bits per heavy atom. The zero-order valence-electron chi connectivity index (χ0n) is 11.0. The lowest BCUT2D eigenvalue weighted by Gasteiger charge is -2.09. The van der Waals surface area contributed by atoms with Crippen molar-refractivity contribution in [2.75, 3.05) is 0 Å². The molecule has 6 heteroatoms. The Morgan fingerprint density at radius 1 is 1.20 bits per heavy atom. The van der Waals surface area contributed by atoms with Crippen molar-refractivity contribution in [3.05, 3.63) is 40.8 Å². The van der Waals surface area contributed by atoms with Gasteiger partial charge in [-0.15, -0.1) is 0 Å². The topological polar surface area (TPSA) is 25.8 Å². The van der Waals surface area contributed by atoms with Crippen LogP contribution in [0.2, 0.25) is 5.15 Å². The zero-order valence-corrected chi connectivity index (χ0v) is 12.6. The fraction of sp³-hybridized carbons (Fsp3) is 0.286. The number of alkyl halides is 2. The third kappa shape index (κ3) is 3.46. The van der Waals surface area contributed by atoms with Crippen LogP contribution in [0.5, 0.6) is 0 Å². The van der Waals surface area contributed by atoms with Gasteiger partial charge in [-0.2, -0.15) is 8.78 Å². The molecule has 1 aromatic carbocycles. The number of aromatic nitrogens is 2. The minimum Gasteiger partial charge on any atom is -0.233 e. The van der Waals surface area contributed by atoms with Crippen molar-refractivity contribution < 1.29 is 8.78 Å². The summed E-state index contributed by atoms with van der Waals surface area (Å²) in [4.78, 5) is 9.17. The van der Waals surface area contributed by atoms with E-state index in [1.165, 1.54) is 0 Å². The minimum atomic E-state index is -2.41. The summed E-state index contributed by atoms with van der Waals surface area (Å²) < 4.78 is 24.6. The Bertz CT molecular complexity index is 603. The van der Waals surface area contributed by atoms with Crippen LogP contribution in [0.1, 0.15) is 18.3 Å². The quantitative estimate of drug-likeness (QED) is 0.588. The van der Waals surface area contributed by atoms with Crippen LogP contribution in [0.4, 0.5) is 8.78 Å². The molecule has 0 amide bonds. The van der Waals surface area contributed by atoms with Crippen LogP contribution in [-0.4, -0.2) is 15.7 Å². The summed E-state index contributed by atoms with van der Waals surface area (Å²) in [6, 6.07) is 6.87. The lowest BCUT2D eigenvalue weighted by molar-refractivity contribution is 0.252. The second-order valence-corrected chi connectivity index (χ2v) is 5.58. The second kappa shape index (κ2) is 6.50.